The Balaban J connectivity index is 2.70. The first-order valence-electron chi connectivity index (χ1n) is 4.37. The van der Waals surface area contributed by atoms with Crippen LogP contribution in [0.15, 0.2) is 11.6 Å². The summed E-state index contributed by atoms with van der Waals surface area (Å²) >= 11 is 6.10. The third-order valence-electron chi connectivity index (χ3n) is 2.32. The van der Waals surface area contributed by atoms with E-state index in [9.17, 15) is 0 Å². The number of alkyl halides is 1. The van der Waals surface area contributed by atoms with Crippen LogP contribution in [0.4, 0.5) is 0 Å². The average molecular weight is 173 g/mol. The first-order valence-corrected chi connectivity index (χ1v) is 4.81. The van der Waals surface area contributed by atoms with Gasteiger partial charge < -0.3 is 0 Å². The quantitative estimate of drug-likeness (QED) is 0.418. The second kappa shape index (κ2) is 3.18. The molecule has 0 saturated heterocycles. The molecule has 0 fully saturated rings. The van der Waals surface area contributed by atoms with Gasteiger partial charge in [-0.1, -0.05) is 32.4 Å². The Hall–Kier alpha value is 0.0300. The lowest BCUT2D eigenvalue weighted by atomic mass is 9.76. The third kappa shape index (κ3) is 2.52. The molecule has 0 aromatic rings. The van der Waals surface area contributed by atoms with Gasteiger partial charge in [0.25, 0.3) is 0 Å². The van der Waals surface area contributed by atoms with E-state index in [1.807, 2.05) is 0 Å². The van der Waals surface area contributed by atoms with Crippen molar-refractivity contribution in [2.24, 2.45) is 5.41 Å². The minimum Gasteiger partial charge on any atom is -0.118 e. The van der Waals surface area contributed by atoms with E-state index in [0.29, 0.717) is 5.41 Å². The summed E-state index contributed by atoms with van der Waals surface area (Å²) in [5.41, 5.74) is 1.95. The van der Waals surface area contributed by atoms with Crippen LogP contribution in [0.1, 0.15) is 40.0 Å². The van der Waals surface area contributed by atoms with E-state index in [1.165, 1.54) is 12.0 Å². The molecule has 0 radical (unpaired) electrons. The fourth-order valence-corrected chi connectivity index (χ4v) is 2.43. The second-order valence-corrected chi connectivity index (χ2v) is 4.80. The molecular weight excluding hydrogens is 156 g/mol. The van der Waals surface area contributed by atoms with Gasteiger partial charge in [-0.25, -0.2) is 0 Å². The van der Waals surface area contributed by atoms with Crippen LogP contribution in [0.2, 0.25) is 0 Å². The van der Waals surface area contributed by atoms with Crippen molar-refractivity contribution in [1.82, 2.24) is 0 Å². The molecule has 1 unspecified atom stereocenters. The molecule has 0 nitrogen and oxygen atoms in total. The molecule has 0 heterocycles. The Morgan fingerprint density at radius 3 is 2.73 bits per heavy atom. The zero-order valence-electron chi connectivity index (χ0n) is 7.65. The minimum atomic E-state index is 0.272. The van der Waals surface area contributed by atoms with Crippen molar-refractivity contribution >= 4 is 11.6 Å². The maximum Gasteiger partial charge on any atom is 0.0523 e. The zero-order valence-corrected chi connectivity index (χ0v) is 8.41. The van der Waals surface area contributed by atoms with Gasteiger partial charge in [-0.05, 0) is 24.7 Å². The van der Waals surface area contributed by atoms with Gasteiger partial charge in [-0.15, -0.1) is 11.6 Å². The van der Waals surface area contributed by atoms with Crippen molar-refractivity contribution in [3.8, 4) is 0 Å². The topological polar surface area (TPSA) is 0 Å². The predicted molar refractivity (Wildman–Crippen MR) is 51.0 cm³/mol. The molecular formula is C10H17Cl. The van der Waals surface area contributed by atoms with Crippen LogP contribution in [-0.4, -0.2) is 5.38 Å². The number of hydrogen-bond acceptors (Lipinski definition) is 0. The van der Waals surface area contributed by atoms with Crippen molar-refractivity contribution in [3.63, 3.8) is 0 Å². The summed E-state index contributed by atoms with van der Waals surface area (Å²) in [6.07, 6.45) is 5.74. The Labute approximate surface area is 74.6 Å². The standard InChI is InChI=1S/C10H17Cl/c1-4-8-5-9(11)7-10(2,3)6-8/h5,9H,4,6-7H2,1-3H3. The Kier molecular flexibility index (Phi) is 2.64. The fourth-order valence-electron chi connectivity index (χ4n) is 1.83. The van der Waals surface area contributed by atoms with Crippen LogP contribution in [-0.2, 0) is 0 Å². The lowest BCUT2D eigenvalue weighted by molar-refractivity contribution is 0.319. The van der Waals surface area contributed by atoms with Crippen LogP contribution >= 0.6 is 11.6 Å². The van der Waals surface area contributed by atoms with Crippen LogP contribution in [0.3, 0.4) is 0 Å². The highest BCUT2D eigenvalue weighted by molar-refractivity contribution is 6.21. The maximum absolute atomic E-state index is 6.10. The van der Waals surface area contributed by atoms with Gasteiger partial charge in [0.2, 0.25) is 0 Å². The molecule has 0 aromatic carbocycles. The van der Waals surface area contributed by atoms with Crippen molar-refractivity contribution in [1.29, 1.82) is 0 Å². The first kappa shape index (κ1) is 9.12. The highest BCUT2D eigenvalue weighted by Crippen LogP contribution is 2.38. The van der Waals surface area contributed by atoms with Crippen molar-refractivity contribution in [2.75, 3.05) is 0 Å². The van der Waals surface area contributed by atoms with Gasteiger partial charge in [-0.2, -0.15) is 0 Å². The van der Waals surface area contributed by atoms with Crippen LogP contribution < -0.4 is 0 Å². The largest absolute Gasteiger partial charge is 0.118 e. The fraction of sp³-hybridized carbons (Fsp3) is 0.800. The average Bonchev–Trinajstić information content (AvgIpc) is 1.83. The van der Waals surface area contributed by atoms with Gasteiger partial charge in [0.1, 0.15) is 0 Å². The van der Waals surface area contributed by atoms with Crippen molar-refractivity contribution < 1.29 is 0 Å². The molecule has 1 rings (SSSR count). The van der Waals surface area contributed by atoms with Crippen LogP contribution in [0.25, 0.3) is 0 Å². The van der Waals surface area contributed by atoms with Crippen molar-refractivity contribution in [3.05, 3.63) is 11.6 Å². The molecule has 64 valence electrons. The van der Waals surface area contributed by atoms with Gasteiger partial charge in [0, 0.05) is 0 Å². The van der Waals surface area contributed by atoms with E-state index in [-0.39, 0.29) is 5.38 Å². The zero-order chi connectivity index (χ0) is 8.48. The lowest BCUT2D eigenvalue weighted by Gasteiger charge is -2.32. The summed E-state index contributed by atoms with van der Waals surface area (Å²) in [4.78, 5) is 0. The highest BCUT2D eigenvalue weighted by atomic mass is 35.5. The SMILES string of the molecule is CCC1=CC(Cl)CC(C)(C)C1. The van der Waals surface area contributed by atoms with Gasteiger partial charge in [-0.3, -0.25) is 0 Å². The normalized spacial score (nSPS) is 29.8. The summed E-state index contributed by atoms with van der Waals surface area (Å²) in [5, 5.41) is 0.272. The molecule has 11 heavy (non-hydrogen) atoms. The maximum atomic E-state index is 6.10. The Morgan fingerprint density at radius 1 is 1.64 bits per heavy atom. The number of hydrogen-bond donors (Lipinski definition) is 0. The molecule has 0 spiro atoms. The molecule has 0 saturated carbocycles. The number of rotatable bonds is 1. The molecule has 0 aromatic heterocycles. The molecule has 0 amide bonds. The van der Waals surface area contributed by atoms with E-state index in [2.05, 4.69) is 26.8 Å². The van der Waals surface area contributed by atoms with Crippen LogP contribution in [0.5, 0.6) is 0 Å². The lowest BCUT2D eigenvalue weighted by Crippen LogP contribution is -2.21. The molecule has 1 atom stereocenters. The molecule has 1 aliphatic carbocycles. The summed E-state index contributed by atoms with van der Waals surface area (Å²) in [6, 6.07) is 0. The van der Waals surface area contributed by atoms with E-state index in [4.69, 9.17) is 11.6 Å². The summed E-state index contributed by atoms with van der Waals surface area (Å²) < 4.78 is 0. The molecule has 1 aliphatic rings. The second-order valence-electron chi connectivity index (χ2n) is 4.24. The van der Waals surface area contributed by atoms with E-state index in [0.717, 1.165) is 12.8 Å². The van der Waals surface area contributed by atoms with E-state index in [1.54, 1.807) is 0 Å². The summed E-state index contributed by atoms with van der Waals surface area (Å²) in [5.74, 6) is 0. The number of allylic oxidation sites excluding steroid dienone is 2. The molecule has 0 aliphatic heterocycles. The highest BCUT2D eigenvalue weighted by Gasteiger charge is 2.26. The number of halogens is 1. The Bertz CT molecular complexity index is 168. The molecule has 0 bridgehead atoms. The van der Waals surface area contributed by atoms with Gasteiger partial charge >= 0.3 is 0 Å². The smallest absolute Gasteiger partial charge is 0.0523 e. The van der Waals surface area contributed by atoms with Crippen molar-refractivity contribution in [2.45, 2.75) is 45.4 Å². The third-order valence-corrected chi connectivity index (χ3v) is 2.60. The first-order chi connectivity index (χ1) is 5.03. The minimum absolute atomic E-state index is 0.272. The Morgan fingerprint density at radius 2 is 2.27 bits per heavy atom. The summed E-state index contributed by atoms with van der Waals surface area (Å²) in [6.45, 7) is 6.80. The molecule has 1 heteroatoms. The van der Waals surface area contributed by atoms with E-state index < -0.39 is 0 Å². The summed E-state index contributed by atoms with van der Waals surface area (Å²) in [7, 11) is 0. The van der Waals surface area contributed by atoms with E-state index >= 15 is 0 Å². The molecule has 0 N–H and O–H groups in total. The monoisotopic (exact) mass is 172 g/mol. The van der Waals surface area contributed by atoms with Gasteiger partial charge in [0.05, 0.1) is 5.38 Å². The van der Waals surface area contributed by atoms with Crippen LogP contribution in [0, 0.1) is 5.41 Å². The van der Waals surface area contributed by atoms with Gasteiger partial charge in [0.15, 0.2) is 0 Å². The predicted octanol–water partition coefficient (Wildman–Crippen LogP) is 3.75.